The van der Waals surface area contributed by atoms with Gasteiger partial charge < -0.3 is 15.2 Å². The Bertz CT molecular complexity index is 663. The van der Waals surface area contributed by atoms with Crippen LogP contribution in [-0.4, -0.2) is 21.8 Å². The average Bonchev–Trinajstić information content (AvgIpc) is 2.43. The molecule has 0 aliphatic carbocycles. The van der Waals surface area contributed by atoms with E-state index in [0.717, 1.165) is 11.1 Å². The zero-order valence-electron chi connectivity index (χ0n) is 11.0. The molecule has 0 atom stereocenters. The number of carboxylic acid groups (broad SMARTS) is 1. The lowest BCUT2D eigenvalue weighted by Gasteiger charge is -2.12. The number of aromatic carboxylic acids is 1. The van der Waals surface area contributed by atoms with Gasteiger partial charge >= 0.3 is 0 Å². The molecule has 1 aromatic heterocycles. The van der Waals surface area contributed by atoms with E-state index in [4.69, 9.17) is 0 Å². The molecule has 0 fully saturated rings. The molecule has 102 valence electrons. The molecule has 0 radical (unpaired) electrons. The number of hydrogen-bond donors (Lipinski definition) is 1. The number of nitrogens with one attached hydrogen (secondary N) is 1. The summed E-state index contributed by atoms with van der Waals surface area (Å²) in [6.07, 6.45) is 2.45. The predicted octanol–water partition coefficient (Wildman–Crippen LogP) is 0.709. The Balaban J connectivity index is 2.36. The van der Waals surface area contributed by atoms with Crippen LogP contribution in [0.4, 0.5) is 5.69 Å². The van der Waals surface area contributed by atoms with Gasteiger partial charge in [0.1, 0.15) is 5.69 Å². The summed E-state index contributed by atoms with van der Waals surface area (Å²) in [5.74, 6) is -2.17. The minimum Gasteiger partial charge on any atom is -0.543 e. The fraction of sp³-hybridized carbons (Fsp3) is 0.143. The number of amides is 1. The van der Waals surface area contributed by atoms with Crippen LogP contribution in [-0.2, 0) is 0 Å². The second-order valence-electron chi connectivity index (χ2n) is 4.26. The number of para-hydroxylation sites is 1. The molecule has 0 aliphatic rings. The largest absolute Gasteiger partial charge is 0.543 e. The zero-order valence-corrected chi connectivity index (χ0v) is 11.0. The molecule has 0 aliphatic heterocycles. The normalized spacial score (nSPS) is 10.1. The van der Waals surface area contributed by atoms with E-state index in [1.54, 1.807) is 0 Å². The minimum absolute atomic E-state index is 0.268. The molecule has 2 rings (SSSR count). The van der Waals surface area contributed by atoms with Gasteiger partial charge in [-0.05, 0) is 25.0 Å². The first-order chi connectivity index (χ1) is 9.50. The Kier molecular flexibility index (Phi) is 3.74. The molecular formula is C14H12N3O3-. The van der Waals surface area contributed by atoms with Crippen LogP contribution in [0, 0.1) is 13.8 Å². The molecule has 6 nitrogen and oxygen atoms in total. The molecule has 6 heteroatoms. The average molecular weight is 270 g/mol. The molecule has 0 saturated carbocycles. The van der Waals surface area contributed by atoms with Gasteiger partial charge in [-0.1, -0.05) is 18.2 Å². The fourth-order valence-corrected chi connectivity index (χ4v) is 1.84. The highest BCUT2D eigenvalue weighted by Gasteiger charge is 2.16. The van der Waals surface area contributed by atoms with Crippen molar-refractivity contribution in [1.29, 1.82) is 0 Å². The maximum atomic E-state index is 12.1. The number of benzene rings is 1. The third-order valence-corrected chi connectivity index (χ3v) is 2.83. The van der Waals surface area contributed by atoms with E-state index in [2.05, 4.69) is 15.3 Å². The minimum atomic E-state index is -1.54. The molecule has 0 unspecified atom stereocenters. The van der Waals surface area contributed by atoms with Gasteiger partial charge in [-0.3, -0.25) is 9.78 Å². The predicted molar refractivity (Wildman–Crippen MR) is 70.2 cm³/mol. The van der Waals surface area contributed by atoms with Crippen molar-refractivity contribution < 1.29 is 14.7 Å². The van der Waals surface area contributed by atoms with Gasteiger partial charge in [-0.2, -0.15) is 0 Å². The lowest BCUT2D eigenvalue weighted by Crippen LogP contribution is -2.28. The molecule has 1 heterocycles. The summed E-state index contributed by atoms with van der Waals surface area (Å²) in [6.45, 7) is 3.69. The summed E-state index contributed by atoms with van der Waals surface area (Å²) < 4.78 is 0. The molecule has 1 aromatic carbocycles. The number of rotatable bonds is 3. The molecule has 1 N–H and O–H groups in total. The summed E-state index contributed by atoms with van der Waals surface area (Å²) >= 11 is 0. The Morgan fingerprint density at radius 1 is 1.05 bits per heavy atom. The molecule has 20 heavy (non-hydrogen) atoms. The van der Waals surface area contributed by atoms with Crippen molar-refractivity contribution in [2.75, 3.05) is 5.32 Å². The van der Waals surface area contributed by atoms with Gasteiger partial charge in [0.05, 0.1) is 5.97 Å². The fourth-order valence-electron chi connectivity index (χ4n) is 1.84. The number of carbonyl (C=O) groups is 2. The SMILES string of the molecule is Cc1cccc(C)c1NC(=O)c1nccnc1C(=O)[O-]. The monoisotopic (exact) mass is 270 g/mol. The number of carbonyl (C=O) groups excluding carboxylic acids is 2. The third-order valence-electron chi connectivity index (χ3n) is 2.83. The summed E-state index contributed by atoms with van der Waals surface area (Å²) in [4.78, 5) is 30.4. The van der Waals surface area contributed by atoms with Gasteiger partial charge in [0.15, 0.2) is 5.69 Å². The third kappa shape index (κ3) is 2.64. The molecule has 0 bridgehead atoms. The Labute approximate surface area is 115 Å². The van der Waals surface area contributed by atoms with Crippen LogP contribution in [0.1, 0.15) is 32.1 Å². The number of hydrogen-bond acceptors (Lipinski definition) is 5. The van der Waals surface area contributed by atoms with Crippen LogP contribution in [0.5, 0.6) is 0 Å². The second kappa shape index (κ2) is 5.48. The lowest BCUT2D eigenvalue weighted by atomic mass is 10.1. The van der Waals surface area contributed by atoms with Crippen molar-refractivity contribution in [1.82, 2.24) is 9.97 Å². The van der Waals surface area contributed by atoms with Crippen LogP contribution in [0.25, 0.3) is 0 Å². The van der Waals surface area contributed by atoms with Gasteiger partial charge in [-0.25, -0.2) is 4.98 Å². The Morgan fingerprint density at radius 2 is 1.60 bits per heavy atom. The van der Waals surface area contributed by atoms with E-state index in [0.29, 0.717) is 5.69 Å². The number of aromatic nitrogens is 2. The van der Waals surface area contributed by atoms with E-state index in [9.17, 15) is 14.7 Å². The highest BCUT2D eigenvalue weighted by atomic mass is 16.4. The smallest absolute Gasteiger partial charge is 0.276 e. The highest BCUT2D eigenvalue weighted by molar-refractivity contribution is 6.08. The number of anilines is 1. The summed E-state index contributed by atoms with van der Waals surface area (Å²) in [7, 11) is 0. The Hall–Kier alpha value is -2.76. The standard InChI is InChI=1S/C14H13N3O3/c1-8-4-3-5-9(2)10(8)17-13(18)11-12(14(19)20)16-7-6-15-11/h3-7H,1-2H3,(H,17,18)(H,19,20)/p-1. The van der Waals surface area contributed by atoms with Crippen LogP contribution >= 0.6 is 0 Å². The lowest BCUT2D eigenvalue weighted by molar-refractivity contribution is -0.255. The van der Waals surface area contributed by atoms with Crippen LogP contribution in [0.15, 0.2) is 30.6 Å². The molecular weight excluding hydrogens is 258 g/mol. The van der Waals surface area contributed by atoms with Crippen molar-refractivity contribution in [3.8, 4) is 0 Å². The Morgan fingerprint density at radius 3 is 2.15 bits per heavy atom. The summed E-state index contributed by atoms with van der Waals surface area (Å²) in [6, 6.07) is 5.56. The van der Waals surface area contributed by atoms with E-state index in [1.165, 1.54) is 12.4 Å². The first kappa shape index (κ1) is 13.7. The number of carboxylic acids is 1. The van der Waals surface area contributed by atoms with Gasteiger partial charge in [0.25, 0.3) is 5.91 Å². The van der Waals surface area contributed by atoms with Crippen LogP contribution in [0.2, 0.25) is 0 Å². The molecule has 1 amide bonds. The quantitative estimate of drug-likeness (QED) is 0.886. The summed E-state index contributed by atoms with van der Waals surface area (Å²) in [5.41, 5.74) is 1.63. The van der Waals surface area contributed by atoms with E-state index >= 15 is 0 Å². The van der Waals surface area contributed by atoms with E-state index in [1.807, 2.05) is 32.0 Å². The molecule has 0 spiro atoms. The second-order valence-corrected chi connectivity index (χ2v) is 4.26. The molecule has 2 aromatic rings. The zero-order chi connectivity index (χ0) is 14.7. The van der Waals surface area contributed by atoms with E-state index in [-0.39, 0.29) is 5.69 Å². The summed E-state index contributed by atoms with van der Waals surface area (Å²) in [5, 5.41) is 13.6. The number of nitrogens with zero attached hydrogens (tertiary/aromatic N) is 2. The molecule has 0 saturated heterocycles. The van der Waals surface area contributed by atoms with Gasteiger partial charge in [0, 0.05) is 18.1 Å². The van der Waals surface area contributed by atoms with E-state index < -0.39 is 17.6 Å². The van der Waals surface area contributed by atoms with Crippen molar-refractivity contribution in [2.24, 2.45) is 0 Å². The van der Waals surface area contributed by atoms with Crippen molar-refractivity contribution >= 4 is 17.6 Å². The first-order valence-corrected chi connectivity index (χ1v) is 5.90. The maximum absolute atomic E-state index is 12.1. The number of aryl methyl sites for hydroxylation is 2. The van der Waals surface area contributed by atoms with Crippen molar-refractivity contribution in [3.63, 3.8) is 0 Å². The van der Waals surface area contributed by atoms with Crippen LogP contribution in [0.3, 0.4) is 0 Å². The van der Waals surface area contributed by atoms with Crippen molar-refractivity contribution in [3.05, 3.63) is 53.1 Å². The maximum Gasteiger partial charge on any atom is 0.276 e. The van der Waals surface area contributed by atoms with Gasteiger partial charge in [0.2, 0.25) is 0 Å². The van der Waals surface area contributed by atoms with Crippen LogP contribution < -0.4 is 10.4 Å². The highest BCUT2D eigenvalue weighted by Crippen LogP contribution is 2.20. The topological polar surface area (TPSA) is 95.0 Å². The van der Waals surface area contributed by atoms with Crippen molar-refractivity contribution in [2.45, 2.75) is 13.8 Å². The first-order valence-electron chi connectivity index (χ1n) is 5.90. The van der Waals surface area contributed by atoms with Gasteiger partial charge in [-0.15, -0.1) is 0 Å².